The van der Waals surface area contributed by atoms with E-state index in [2.05, 4.69) is 245 Å². The van der Waals surface area contributed by atoms with Crippen molar-refractivity contribution in [1.82, 2.24) is 0 Å². The third kappa shape index (κ3) is 4.69. The fraction of sp³-hybridized carbons (Fsp3) is 0.0606. The summed E-state index contributed by atoms with van der Waals surface area (Å²) in [6, 6.07) is 87.6. The molecule has 2 spiro atoms. The van der Waals surface area contributed by atoms with Crippen molar-refractivity contribution >= 4 is 79.2 Å². The molecule has 2 heteroatoms. The molecule has 0 aliphatic carbocycles. The lowest BCUT2D eigenvalue weighted by Gasteiger charge is -2.29. The molecule has 4 aliphatic rings. The van der Waals surface area contributed by atoms with E-state index in [1.807, 2.05) is 0 Å². The summed E-state index contributed by atoms with van der Waals surface area (Å²) >= 11 is 0. The van der Waals surface area contributed by atoms with Gasteiger partial charge in [0.25, 0.3) is 0 Å². The van der Waals surface area contributed by atoms with Crippen molar-refractivity contribution < 1.29 is 0 Å². The molecule has 0 saturated carbocycles. The van der Waals surface area contributed by atoms with Crippen molar-refractivity contribution in [3.05, 3.63) is 230 Å². The molecule has 11 aromatic carbocycles. The van der Waals surface area contributed by atoms with Gasteiger partial charge in [0.2, 0.25) is 0 Å². The highest BCUT2D eigenvalue weighted by atomic mass is 28.3. The highest BCUT2D eigenvalue weighted by Gasteiger charge is 2.55. The molecule has 68 heavy (non-hydrogen) atoms. The maximum Gasteiger partial charge on any atom is 0.182 e. The second-order valence-electron chi connectivity index (χ2n) is 20.6. The van der Waals surface area contributed by atoms with Crippen LogP contribution in [-0.4, -0.2) is 16.1 Å². The maximum atomic E-state index is 2.64. The second kappa shape index (κ2) is 13.5. The Labute approximate surface area is 399 Å². The largest absolute Gasteiger partial charge is 0.182 e. The van der Waals surface area contributed by atoms with Gasteiger partial charge in [0.1, 0.15) is 0 Å². The number of fused-ring (bicyclic) bond motifs is 22. The van der Waals surface area contributed by atoms with Gasteiger partial charge in [-0.25, -0.2) is 0 Å². The van der Waals surface area contributed by atoms with Crippen molar-refractivity contribution in [2.45, 2.75) is 26.2 Å². The van der Waals surface area contributed by atoms with Crippen molar-refractivity contribution in [3.8, 4) is 66.8 Å². The summed E-state index contributed by atoms with van der Waals surface area (Å²) in [5, 5.41) is 17.3. The first kappa shape index (κ1) is 38.5. The van der Waals surface area contributed by atoms with Crippen LogP contribution in [0, 0.1) is 0 Å². The summed E-state index contributed by atoms with van der Waals surface area (Å²) < 4.78 is 0. The standard InChI is InChI=1S/C66H46Si2/c1-66(2,3)43-34-37-54-55(40-43)65(42-33-36-51-49-23-11-17-31-61(49)68(63(51)39-42)58-28-14-8-20-46(58)47-21-9-15-29-59(47)68)53-25-5-4-24-52(53)64(54)41-32-35-50-48-22-10-16-30-60(48)67(62(50)38-41)56-26-12-6-18-44(56)45-19-7-13-27-57(45)67/h4-40H,1-3H3. The molecular formula is C66H46Si2. The van der Waals surface area contributed by atoms with E-state index >= 15 is 0 Å². The number of hydrogen-bond donors (Lipinski definition) is 0. The topological polar surface area (TPSA) is 0 Å². The first-order valence-corrected chi connectivity index (χ1v) is 28.3. The van der Waals surface area contributed by atoms with Gasteiger partial charge in [0.15, 0.2) is 16.1 Å². The summed E-state index contributed by atoms with van der Waals surface area (Å²) in [7, 11) is -5.30. The summed E-state index contributed by atoms with van der Waals surface area (Å²) in [4.78, 5) is 0. The van der Waals surface area contributed by atoms with Crippen molar-refractivity contribution in [3.63, 3.8) is 0 Å². The van der Waals surface area contributed by atoms with Gasteiger partial charge >= 0.3 is 0 Å². The molecule has 0 N–H and O–H groups in total. The molecular weight excluding hydrogens is 849 g/mol. The zero-order chi connectivity index (χ0) is 45.1. The quantitative estimate of drug-likeness (QED) is 0.120. The molecule has 0 atom stereocenters. The van der Waals surface area contributed by atoms with Crippen LogP contribution in [0.15, 0.2) is 224 Å². The number of rotatable bonds is 2. The fourth-order valence-electron chi connectivity index (χ4n) is 13.8. The lowest BCUT2D eigenvalue weighted by molar-refractivity contribution is 0.591. The summed E-state index contributed by atoms with van der Waals surface area (Å²) in [5.41, 5.74) is 17.7. The number of benzene rings is 11. The summed E-state index contributed by atoms with van der Waals surface area (Å²) in [6.07, 6.45) is 0. The van der Waals surface area contributed by atoms with Gasteiger partial charge in [-0.15, -0.1) is 0 Å². The van der Waals surface area contributed by atoms with Crippen LogP contribution in [0.25, 0.3) is 88.3 Å². The second-order valence-corrected chi connectivity index (χ2v) is 27.9. The van der Waals surface area contributed by atoms with Crippen LogP contribution < -0.4 is 41.5 Å². The molecule has 0 amide bonds. The predicted molar refractivity (Wildman–Crippen MR) is 294 cm³/mol. The summed E-state index contributed by atoms with van der Waals surface area (Å²) in [6.45, 7) is 7.06. The molecule has 15 rings (SSSR count). The van der Waals surface area contributed by atoms with Crippen LogP contribution >= 0.6 is 0 Å². The fourth-order valence-corrected chi connectivity index (χ4v) is 25.0. The summed E-state index contributed by atoms with van der Waals surface area (Å²) in [5.74, 6) is 0. The Bertz CT molecular complexity index is 3900. The van der Waals surface area contributed by atoms with Gasteiger partial charge in [-0.1, -0.05) is 239 Å². The molecule has 0 radical (unpaired) electrons. The minimum atomic E-state index is -2.65. The average Bonchev–Trinajstić information content (AvgIpc) is 4.06. The van der Waals surface area contributed by atoms with Crippen molar-refractivity contribution in [1.29, 1.82) is 0 Å². The van der Waals surface area contributed by atoms with E-state index < -0.39 is 16.1 Å². The molecule has 0 nitrogen and oxygen atoms in total. The van der Waals surface area contributed by atoms with Crippen LogP contribution in [0.3, 0.4) is 0 Å². The van der Waals surface area contributed by atoms with Gasteiger partial charge in [0.05, 0.1) is 0 Å². The van der Waals surface area contributed by atoms with Crippen LogP contribution in [0.4, 0.5) is 0 Å². The Morgan fingerprint density at radius 2 is 0.544 bits per heavy atom. The van der Waals surface area contributed by atoms with E-state index in [9.17, 15) is 0 Å². The van der Waals surface area contributed by atoms with Crippen LogP contribution in [0.1, 0.15) is 26.3 Å². The molecule has 0 saturated heterocycles. The minimum absolute atomic E-state index is 0.0360. The third-order valence-corrected chi connectivity index (χ3v) is 26.4. The minimum Gasteiger partial charge on any atom is -0.0623 e. The van der Waals surface area contributed by atoms with E-state index in [0.717, 1.165) is 0 Å². The van der Waals surface area contributed by atoms with E-state index in [-0.39, 0.29) is 5.41 Å². The normalized spacial score (nSPS) is 14.6. The Morgan fingerprint density at radius 1 is 0.250 bits per heavy atom. The van der Waals surface area contributed by atoms with Crippen LogP contribution in [-0.2, 0) is 5.41 Å². The van der Waals surface area contributed by atoms with Gasteiger partial charge in [-0.3, -0.25) is 0 Å². The molecule has 318 valence electrons. The van der Waals surface area contributed by atoms with E-state index in [0.29, 0.717) is 0 Å². The molecule has 4 aliphatic heterocycles. The zero-order valence-corrected chi connectivity index (χ0v) is 40.4. The monoisotopic (exact) mass is 894 g/mol. The van der Waals surface area contributed by atoms with Gasteiger partial charge in [-0.2, -0.15) is 0 Å². The lowest BCUT2D eigenvalue weighted by atomic mass is 9.81. The van der Waals surface area contributed by atoms with Gasteiger partial charge in [0, 0.05) is 0 Å². The van der Waals surface area contributed by atoms with E-state index in [4.69, 9.17) is 0 Å². The average molecular weight is 895 g/mol. The highest BCUT2D eigenvalue weighted by Crippen LogP contribution is 2.47. The smallest absolute Gasteiger partial charge is 0.0623 e. The SMILES string of the molecule is CC(C)(C)c1ccc2c(-c3ccc4c(c3)[Si]3(c5ccccc5-c5ccccc53)c3ccccc3-4)c3ccccc3c(-c3ccc4c(c3)[Si]3(c5ccccc5-c5ccccc53)c3ccccc3-4)c2c1. The molecule has 0 bridgehead atoms. The Balaban J connectivity index is 1.02. The maximum absolute atomic E-state index is 2.65. The van der Waals surface area contributed by atoms with Crippen molar-refractivity contribution in [2.24, 2.45) is 0 Å². The molecule has 0 unspecified atom stereocenters. The third-order valence-electron chi connectivity index (χ3n) is 16.5. The zero-order valence-electron chi connectivity index (χ0n) is 38.4. The van der Waals surface area contributed by atoms with Crippen molar-refractivity contribution in [2.75, 3.05) is 0 Å². The molecule has 0 aromatic heterocycles. The first-order valence-electron chi connectivity index (χ1n) is 24.3. The molecule has 0 fully saturated rings. The van der Waals surface area contributed by atoms with E-state index in [1.54, 1.807) is 0 Å². The lowest BCUT2D eigenvalue weighted by Crippen LogP contribution is -2.70. The molecule has 11 aromatic rings. The van der Waals surface area contributed by atoms with Gasteiger partial charge < -0.3 is 0 Å². The molecule has 4 heterocycles. The van der Waals surface area contributed by atoms with Gasteiger partial charge in [-0.05, 0) is 147 Å². The number of hydrogen-bond acceptors (Lipinski definition) is 0. The predicted octanol–water partition coefficient (Wildman–Crippen LogP) is 11.3. The Kier molecular flexibility index (Phi) is 7.64. The Morgan fingerprint density at radius 3 is 0.897 bits per heavy atom. The highest BCUT2D eigenvalue weighted by molar-refractivity contribution is 7.25. The van der Waals surface area contributed by atoms with Crippen LogP contribution in [0.2, 0.25) is 0 Å². The van der Waals surface area contributed by atoms with E-state index in [1.165, 1.54) is 135 Å². The van der Waals surface area contributed by atoms with Crippen LogP contribution in [0.5, 0.6) is 0 Å². The first-order chi connectivity index (χ1) is 33.4. The Hall–Kier alpha value is -7.63.